The Labute approximate surface area is 108 Å². The third kappa shape index (κ3) is 2.98. The number of carboxylic acid groups (broad SMARTS) is 1. The maximum Gasteiger partial charge on any atom is 0.303 e. The first-order chi connectivity index (χ1) is 7.98. The normalized spacial score (nSPS) is 22.7. The molecule has 1 atom stereocenters. The lowest BCUT2D eigenvalue weighted by Gasteiger charge is -2.35. The summed E-state index contributed by atoms with van der Waals surface area (Å²) in [7, 11) is 0. The molecular weight excluding hydrogens is 288 g/mol. The van der Waals surface area contributed by atoms with Crippen molar-refractivity contribution in [1.82, 2.24) is 0 Å². The second-order valence-electron chi connectivity index (χ2n) is 4.17. The van der Waals surface area contributed by atoms with Crippen molar-refractivity contribution in [2.75, 3.05) is 0 Å². The summed E-state index contributed by atoms with van der Waals surface area (Å²) in [6, 6.07) is 5.69. The van der Waals surface area contributed by atoms with Crippen LogP contribution in [0.3, 0.4) is 0 Å². The summed E-state index contributed by atoms with van der Waals surface area (Å²) in [5.74, 6) is -0.938. The Morgan fingerprint density at radius 2 is 2.35 bits per heavy atom. The molecular formula is C12H13BrO4. The number of fused-ring (bicyclic) bond motifs is 1. The first kappa shape index (κ1) is 12.4. The SMILES string of the molecule is CC1(CCC(=O)O)OCc2cc(Br)ccc2O1. The van der Waals surface area contributed by atoms with Gasteiger partial charge in [-0.2, -0.15) is 0 Å². The summed E-state index contributed by atoms with van der Waals surface area (Å²) in [5, 5.41) is 8.67. The van der Waals surface area contributed by atoms with Crippen molar-refractivity contribution in [3.8, 4) is 5.75 Å². The zero-order chi connectivity index (χ0) is 12.5. The molecule has 0 saturated heterocycles. The largest absolute Gasteiger partial charge is 0.481 e. The Bertz CT molecular complexity index is 446. The maximum absolute atomic E-state index is 10.6. The lowest BCUT2D eigenvalue weighted by molar-refractivity contribution is -0.199. The summed E-state index contributed by atoms with van der Waals surface area (Å²) in [4.78, 5) is 10.6. The van der Waals surface area contributed by atoms with Crippen LogP contribution in [0, 0.1) is 0 Å². The third-order valence-corrected chi connectivity index (χ3v) is 3.17. The van der Waals surface area contributed by atoms with Crippen molar-refractivity contribution in [2.24, 2.45) is 0 Å². The molecule has 1 N–H and O–H groups in total. The Hall–Kier alpha value is -1.07. The second kappa shape index (κ2) is 4.66. The average molecular weight is 301 g/mol. The van der Waals surface area contributed by atoms with Crippen LogP contribution in [0.1, 0.15) is 25.3 Å². The van der Waals surface area contributed by atoms with Crippen LogP contribution in [0.15, 0.2) is 22.7 Å². The molecule has 4 nitrogen and oxygen atoms in total. The van der Waals surface area contributed by atoms with Crippen molar-refractivity contribution >= 4 is 21.9 Å². The number of halogens is 1. The molecule has 0 aromatic heterocycles. The van der Waals surface area contributed by atoms with E-state index in [9.17, 15) is 4.79 Å². The van der Waals surface area contributed by atoms with Gasteiger partial charge in [-0.25, -0.2) is 0 Å². The molecule has 2 rings (SSSR count). The van der Waals surface area contributed by atoms with Gasteiger partial charge in [0.15, 0.2) is 0 Å². The van der Waals surface area contributed by atoms with Crippen LogP contribution in [-0.4, -0.2) is 16.9 Å². The van der Waals surface area contributed by atoms with E-state index in [1.165, 1.54) is 0 Å². The van der Waals surface area contributed by atoms with Crippen LogP contribution in [0.2, 0.25) is 0 Å². The minimum absolute atomic E-state index is 0.0301. The summed E-state index contributed by atoms with van der Waals surface area (Å²) in [5.41, 5.74) is 0.965. The third-order valence-electron chi connectivity index (χ3n) is 2.67. The summed E-state index contributed by atoms with van der Waals surface area (Å²) in [6.07, 6.45) is 0.361. The van der Waals surface area contributed by atoms with Crippen molar-refractivity contribution in [3.05, 3.63) is 28.2 Å². The van der Waals surface area contributed by atoms with E-state index in [0.29, 0.717) is 13.0 Å². The zero-order valence-corrected chi connectivity index (χ0v) is 11.0. The molecule has 0 radical (unpaired) electrons. The van der Waals surface area contributed by atoms with Crippen molar-refractivity contribution in [2.45, 2.75) is 32.2 Å². The van der Waals surface area contributed by atoms with Gasteiger partial charge in [-0.15, -0.1) is 0 Å². The molecule has 0 fully saturated rings. The topological polar surface area (TPSA) is 55.8 Å². The zero-order valence-electron chi connectivity index (χ0n) is 9.40. The molecule has 1 aromatic carbocycles. The molecule has 1 aromatic rings. The standard InChI is InChI=1S/C12H13BrO4/c1-12(5-4-11(14)15)16-7-8-6-9(13)2-3-10(8)17-12/h2-3,6H,4-5,7H2,1H3,(H,14,15). The highest BCUT2D eigenvalue weighted by Gasteiger charge is 2.33. The lowest BCUT2D eigenvalue weighted by Crippen LogP contribution is -2.39. The number of aliphatic carboxylic acids is 1. The van der Waals surface area contributed by atoms with Crippen LogP contribution in [0.5, 0.6) is 5.75 Å². The predicted molar refractivity (Wildman–Crippen MR) is 64.8 cm³/mol. The van der Waals surface area contributed by atoms with Crippen molar-refractivity contribution in [3.63, 3.8) is 0 Å². The van der Waals surface area contributed by atoms with E-state index in [0.717, 1.165) is 15.8 Å². The fourth-order valence-corrected chi connectivity index (χ4v) is 2.12. The summed E-state index contributed by atoms with van der Waals surface area (Å²) >= 11 is 3.38. The highest BCUT2D eigenvalue weighted by Crippen LogP contribution is 2.35. The van der Waals surface area contributed by atoms with Crippen molar-refractivity contribution in [1.29, 1.82) is 0 Å². The van der Waals surface area contributed by atoms with E-state index in [2.05, 4.69) is 15.9 Å². The van der Waals surface area contributed by atoms with Gasteiger partial charge in [0.2, 0.25) is 5.79 Å². The van der Waals surface area contributed by atoms with E-state index in [4.69, 9.17) is 14.6 Å². The minimum Gasteiger partial charge on any atom is -0.481 e. The van der Waals surface area contributed by atoms with E-state index in [1.54, 1.807) is 6.92 Å². The first-order valence-corrected chi connectivity index (χ1v) is 6.11. The van der Waals surface area contributed by atoms with E-state index < -0.39 is 11.8 Å². The second-order valence-corrected chi connectivity index (χ2v) is 5.09. The van der Waals surface area contributed by atoms with Crippen LogP contribution < -0.4 is 4.74 Å². The summed E-state index contributed by atoms with van der Waals surface area (Å²) in [6.45, 7) is 2.20. The monoisotopic (exact) mass is 300 g/mol. The molecule has 1 heterocycles. The smallest absolute Gasteiger partial charge is 0.303 e. The van der Waals surface area contributed by atoms with Crippen LogP contribution in [0.4, 0.5) is 0 Å². The lowest BCUT2D eigenvalue weighted by atomic mass is 10.1. The molecule has 0 aliphatic carbocycles. The van der Waals surface area contributed by atoms with Gasteiger partial charge in [-0.3, -0.25) is 4.79 Å². The molecule has 0 saturated carbocycles. The fourth-order valence-electron chi connectivity index (χ4n) is 1.71. The Kier molecular flexibility index (Phi) is 3.40. The number of carbonyl (C=O) groups is 1. The highest BCUT2D eigenvalue weighted by atomic mass is 79.9. The molecule has 5 heteroatoms. The van der Waals surface area contributed by atoms with Gasteiger partial charge >= 0.3 is 5.97 Å². The molecule has 0 spiro atoms. The van der Waals surface area contributed by atoms with Crippen LogP contribution in [0.25, 0.3) is 0 Å². The van der Waals surface area contributed by atoms with Gasteiger partial charge in [-0.1, -0.05) is 15.9 Å². The van der Waals surface area contributed by atoms with Gasteiger partial charge in [0.05, 0.1) is 13.0 Å². The maximum atomic E-state index is 10.6. The predicted octanol–water partition coefficient (Wildman–Crippen LogP) is 2.94. The van der Waals surface area contributed by atoms with Gasteiger partial charge < -0.3 is 14.6 Å². The van der Waals surface area contributed by atoms with Gasteiger partial charge in [0, 0.05) is 23.4 Å². The van der Waals surface area contributed by atoms with Gasteiger partial charge in [0.1, 0.15) is 5.75 Å². The molecule has 1 aliphatic rings. The molecule has 1 unspecified atom stereocenters. The van der Waals surface area contributed by atoms with E-state index >= 15 is 0 Å². The number of benzene rings is 1. The number of hydrogen-bond acceptors (Lipinski definition) is 3. The molecule has 92 valence electrons. The van der Waals surface area contributed by atoms with Gasteiger partial charge in [0.25, 0.3) is 0 Å². The Balaban J connectivity index is 2.12. The van der Waals surface area contributed by atoms with E-state index in [1.807, 2.05) is 18.2 Å². The quantitative estimate of drug-likeness (QED) is 0.932. The van der Waals surface area contributed by atoms with E-state index in [-0.39, 0.29) is 6.42 Å². The number of carboxylic acids is 1. The number of hydrogen-bond donors (Lipinski definition) is 1. The van der Waals surface area contributed by atoms with Crippen LogP contribution >= 0.6 is 15.9 Å². The number of ether oxygens (including phenoxy) is 2. The van der Waals surface area contributed by atoms with Crippen molar-refractivity contribution < 1.29 is 19.4 Å². The molecule has 0 amide bonds. The molecule has 1 aliphatic heterocycles. The molecule has 0 bridgehead atoms. The highest BCUT2D eigenvalue weighted by molar-refractivity contribution is 9.10. The fraction of sp³-hybridized carbons (Fsp3) is 0.417. The average Bonchev–Trinajstić information content (AvgIpc) is 2.27. The van der Waals surface area contributed by atoms with Crippen LogP contribution in [-0.2, 0) is 16.1 Å². The Morgan fingerprint density at radius 1 is 1.59 bits per heavy atom. The Morgan fingerprint density at radius 3 is 3.06 bits per heavy atom. The minimum atomic E-state index is -0.848. The van der Waals surface area contributed by atoms with Gasteiger partial charge in [-0.05, 0) is 18.2 Å². The summed E-state index contributed by atoms with van der Waals surface area (Å²) < 4.78 is 12.3. The first-order valence-electron chi connectivity index (χ1n) is 5.32. The molecule has 17 heavy (non-hydrogen) atoms. The number of rotatable bonds is 3.